The van der Waals surface area contributed by atoms with Gasteiger partial charge in [0.2, 0.25) is 0 Å². The largest absolute Gasteiger partial charge is 0.496 e. The van der Waals surface area contributed by atoms with E-state index in [1.165, 1.54) is 37.4 Å². The molecule has 0 atom stereocenters. The Morgan fingerprint density at radius 3 is 2.45 bits per heavy atom. The van der Waals surface area contributed by atoms with Gasteiger partial charge in [0.05, 0.1) is 17.6 Å². The lowest BCUT2D eigenvalue weighted by Crippen LogP contribution is -2.30. The van der Waals surface area contributed by atoms with Crippen LogP contribution in [0.25, 0.3) is 0 Å². The number of methoxy groups -OCH3 is 1. The lowest BCUT2D eigenvalue weighted by atomic mass is 10.2. The maximum Gasteiger partial charge on any atom is 0.268 e. The number of hydrogen-bond donors (Lipinski definition) is 1. The van der Waals surface area contributed by atoms with E-state index in [1.807, 2.05) is 4.72 Å². The van der Waals surface area contributed by atoms with E-state index >= 15 is 0 Å². The van der Waals surface area contributed by atoms with Gasteiger partial charge in [0, 0.05) is 0 Å². The fourth-order valence-corrected chi connectivity index (χ4v) is 2.59. The molecular weight excluding hydrogens is 278 g/mol. The molecule has 2 rings (SSSR count). The number of nitrogens with one attached hydrogen (secondary N) is 1. The number of rotatable bonds is 4. The van der Waals surface area contributed by atoms with Gasteiger partial charge < -0.3 is 4.74 Å². The van der Waals surface area contributed by atoms with Crippen LogP contribution in [-0.4, -0.2) is 21.4 Å². The molecule has 103 valence electrons. The van der Waals surface area contributed by atoms with E-state index < -0.39 is 15.9 Å². The zero-order valence-electron chi connectivity index (χ0n) is 10.7. The van der Waals surface area contributed by atoms with Gasteiger partial charge in [-0.15, -0.1) is 0 Å². The molecule has 20 heavy (non-hydrogen) atoms. The first-order valence-corrected chi connectivity index (χ1v) is 7.19. The van der Waals surface area contributed by atoms with Crippen molar-refractivity contribution >= 4 is 15.9 Å². The summed E-state index contributed by atoms with van der Waals surface area (Å²) in [5, 5.41) is 0. The van der Waals surface area contributed by atoms with Gasteiger partial charge in [-0.1, -0.05) is 24.3 Å². The van der Waals surface area contributed by atoms with Gasteiger partial charge in [-0.3, -0.25) is 4.79 Å². The maximum absolute atomic E-state index is 12.0. The van der Waals surface area contributed by atoms with Crippen LogP contribution >= 0.6 is 0 Å². The summed E-state index contributed by atoms with van der Waals surface area (Å²) >= 11 is 0. The van der Waals surface area contributed by atoms with Crippen molar-refractivity contribution in [2.45, 2.75) is 4.90 Å². The SMILES string of the molecule is COc1ccccc1C(=O)NS(=O)(=O)c1cc[c]cc1. The molecule has 0 aliphatic carbocycles. The molecule has 1 N–H and O–H groups in total. The molecule has 2 aromatic carbocycles. The van der Waals surface area contributed by atoms with Gasteiger partial charge in [0.1, 0.15) is 5.75 Å². The first-order chi connectivity index (χ1) is 9.54. The Bertz CT molecular complexity index is 711. The predicted octanol–water partition coefficient (Wildman–Crippen LogP) is 1.61. The van der Waals surface area contributed by atoms with Crippen LogP contribution in [0.2, 0.25) is 0 Å². The summed E-state index contributed by atoms with van der Waals surface area (Å²) in [6.45, 7) is 0. The van der Waals surface area contributed by atoms with Crippen molar-refractivity contribution in [1.82, 2.24) is 4.72 Å². The quantitative estimate of drug-likeness (QED) is 0.928. The Hall–Kier alpha value is -2.34. The van der Waals surface area contributed by atoms with E-state index in [1.54, 1.807) is 18.2 Å². The topological polar surface area (TPSA) is 72.5 Å². The Labute approximate surface area is 117 Å². The summed E-state index contributed by atoms with van der Waals surface area (Å²) < 4.78 is 31.1. The molecule has 0 saturated carbocycles. The molecule has 1 amide bonds. The van der Waals surface area contributed by atoms with Crippen LogP contribution in [0.3, 0.4) is 0 Å². The molecule has 0 spiro atoms. The lowest BCUT2D eigenvalue weighted by Gasteiger charge is -2.09. The van der Waals surface area contributed by atoms with Crippen molar-refractivity contribution in [2.75, 3.05) is 7.11 Å². The van der Waals surface area contributed by atoms with E-state index in [2.05, 4.69) is 6.07 Å². The number of para-hydroxylation sites is 1. The minimum atomic E-state index is -3.91. The van der Waals surface area contributed by atoms with E-state index in [0.29, 0.717) is 5.75 Å². The standard InChI is InChI=1S/C14H12NO4S/c1-19-13-10-6-5-9-12(13)14(16)15-20(17,18)11-7-3-2-4-8-11/h3-10H,1H3,(H,15,16). The van der Waals surface area contributed by atoms with Gasteiger partial charge in [0.15, 0.2) is 0 Å². The van der Waals surface area contributed by atoms with Gasteiger partial charge in [0.25, 0.3) is 15.9 Å². The number of ether oxygens (including phenoxy) is 1. The zero-order chi connectivity index (χ0) is 14.6. The first-order valence-electron chi connectivity index (χ1n) is 5.71. The molecule has 6 heteroatoms. The molecule has 1 radical (unpaired) electrons. The summed E-state index contributed by atoms with van der Waals surface area (Å²) in [7, 11) is -2.50. The average molecular weight is 290 g/mol. The third-order valence-corrected chi connectivity index (χ3v) is 3.92. The number of carbonyl (C=O) groups is 1. The highest BCUT2D eigenvalue weighted by molar-refractivity contribution is 7.90. The normalized spacial score (nSPS) is 10.8. The van der Waals surface area contributed by atoms with E-state index in [4.69, 9.17) is 4.74 Å². The van der Waals surface area contributed by atoms with E-state index in [9.17, 15) is 13.2 Å². The summed E-state index contributed by atoms with van der Waals surface area (Å²) in [5.41, 5.74) is 0.154. The smallest absolute Gasteiger partial charge is 0.268 e. The van der Waals surface area contributed by atoms with Gasteiger partial charge in [-0.2, -0.15) is 0 Å². The first kappa shape index (κ1) is 14.1. The number of amides is 1. The van der Waals surface area contributed by atoms with Crippen LogP contribution in [0.5, 0.6) is 5.75 Å². The van der Waals surface area contributed by atoms with Crippen LogP contribution in [0.4, 0.5) is 0 Å². The van der Waals surface area contributed by atoms with Crippen LogP contribution < -0.4 is 9.46 Å². The second-order valence-corrected chi connectivity index (χ2v) is 5.55. The third-order valence-electron chi connectivity index (χ3n) is 2.58. The number of sulfonamides is 1. The van der Waals surface area contributed by atoms with Crippen molar-refractivity contribution in [2.24, 2.45) is 0 Å². The number of hydrogen-bond acceptors (Lipinski definition) is 4. The highest BCUT2D eigenvalue weighted by atomic mass is 32.2. The summed E-state index contributed by atoms with van der Waals surface area (Å²) in [6.07, 6.45) is 0. The molecule has 0 bridgehead atoms. The van der Waals surface area contributed by atoms with Gasteiger partial charge in [-0.05, 0) is 30.3 Å². The molecule has 0 heterocycles. The second-order valence-electron chi connectivity index (χ2n) is 3.87. The molecule has 5 nitrogen and oxygen atoms in total. The monoisotopic (exact) mass is 290 g/mol. The Morgan fingerprint density at radius 1 is 1.15 bits per heavy atom. The third kappa shape index (κ3) is 2.97. The summed E-state index contributed by atoms with van der Waals surface area (Å²) in [4.78, 5) is 12.0. The molecule has 0 aliphatic heterocycles. The zero-order valence-corrected chi connectivity index (χ0v) is 11.5. The van der Waals surface area contributed by atoms with Crippen LogP contribution in [0.15, 0.2) is 53.4 Å². The van der Waals surface area contributed by atoms with Crippen LogP contribution in [0.1, 0.15) is 10.4 Å². The molecule has 0 unspecified atom stereocenters. The average Bonchev–Trinajstić information content (AvgIpc) is 2.47. The lowest BCUT2D eigenvalue weighted by molar-refractivity contribution is 0.0978. The molecular formula is C14H12NO4S. The Kier molecular flexibility index (Phi) is 4.05. The van der Waals surface area contributed by atoms with E-state index in [-0.39, 0.29) is 10.5 Å². The number of benzene rings is 2. The maximum atomic E-state index is 12.0. The highest BCUT2D eigenvalue weighted by Crippen LogP contribution is 2.18. The van der Waals surface area contributed by atoms with Crippen molar-refractivity contribution < 1.29 is 17.9 Å². The molecule has 2 aromatic rings. The minimum Gasteiger partial charge on any atom is -0.496 e. The predicted molar refractivity (Wildman–Crippen MR) is 72.9 cm³/mol. The van der Waals surface area contributed by atoms with Crippen molar-refractivity contribution in [1.29, 1.82) is 0 Å². The summed E-state index contributed by atoms with van der Waals surface area (Å²) in [6, 6.07) is 14.7. The Balaban J connectivity index is 2.28. The van der Waals surface area contributed by atoms with Crippen molar-refractivity contribution in [3.63, 3.8) is 0 Å². The van der Waals surface area contributed by atoms with Crippen molar-refractivity contribution in [3.8, 4) is 5.75 Å². The minimum absolute atomic E-state index is 0.000465. The molecule has 0 fully saturated rings. The van der Waals surface area contributed by atoms with Gasteiger partial charge in [-0.25, -0.2) is 13.1 Å². The number of carbonyl (C=O) groups excluding carboxylic acids is 1. The summed E-state index contributed by atoms with van der Waals surface area (Å²) in [5.74, 6) is -0.433. The molecule has 0 saturated heterocycles. The second kappa shape index (κ2) is 5.75. The Morgan fingerprint density at radius 2 is 1.80 bits per heavy atom. The highest BCUT2D eigenvalue weighted by Gasteiger charge is 2.20. The van der Waals surface area contributed by atoms with Crippen molar-refractivity contribution in [3.05, 3.63) is 60.2 Å². The molecule has 0 aliphatic rings. The fraction of sp³-hybridized carbons (Fsp3) is 0.0714. The van der Waals surface area contributed by atoms with Gasteiger partial charge >= 0.3 is 0 Å². The van der Waals surface area contributed by atoms with Crippen LogP contribution in [-0.2, 0) is 10.0 Å². The van der Waals surface area contributed by atoms with E-state index in [0.717, 1.165) is 0 Å². The fourth-order valence-electron chi connectivity index (χ4n) is 1.62. The van der Waals surface area contributed by atoms with Crippen LogP contribution in [0, 0.1) is 6.07 Å². The molecule has 0 aromatic heterocycles.